The lowest BCUT2D eigenvalue weighted by atomic mass is 10.0. The van der Waals surface area contributed by atoms with Crippen molar-refractivity contribution in [1.82, 2.24) is 5.32 Å². The minimum absolute atomic E-state index is 0.00260. The number of nitrogens with two attached hydrogens (primary N) is 1. The number of likely N-dealkylation sites (N-methyl/N-ethyl adjacent to an activating group) is 1. The maximum absolute atomic E-state index is 11.8. The number of carbonyl (C=O) groups excluding carboxylic acids is 2. The highest BCUT2D eigenvalue weighted by atomic mass is 16.2. The molecule has 0 radical (unpaired) electrons. The van der Waals surface area contributed by atoms with E-state index in [0.717, 1.165) is 11.3 Å². The molecule has 2 amide bonds. The smallest absolute Gasteiger partial charge is 0.225 e. The lowest BCUT2D eigenvalue weighted by Crippen LogP contribution is -2.31. The van der Waals surface area contributed by atoms with Gasteiger partial charge in [-0.1, -0.05) is 26.0 Å². The Morgan fingerprint density at radius 3 is 2.29 bits per heavy atom. The summed E-state index contributed by atoms with van der Waals surface area (Å²) < 4.78 is 0. The van der Waals surface area contributed by atoms with Crippen molar-refractivity contribution in [1.29, 1.82) is 0 Å². The van der Waals surface area contributed by atoms with Crippen LogP contribution in [-0.4, -0.2) is 24.4 Å². The van der Waals surface area contributed by atoms with E-state index in [0.29, 0.717) is 19.4 Å². The largest absolute Gasteiger partial charge is 0.356 e. The first-order chi connectivity index (χ1) is 9.92. The Morgan fingerprint density at radius 1 is 1.14 bits per heavy atom. The Kier molecular flexibility index (Phi) is 6.88. The van der Waals surface area contributed by atoms with Gasteiger partial charge in [0.2, 0.25) is 11.8 Å². The van der Waals surface area contributed by atoms with E-state index in [9.17, 15) is 9.59 Å². The normalized spacial score (nSPS) is 12.0. The Labute approximate surface area is 126 Å². The zero-order chi connectivity index (χ0) is 15.8. The third-order valence-corrected chi connectivity index (χ3v) is 3.25. The fourth-order valence-corrected chi connectivity index (χ4v) is 1.81. The van der Waals surface area contributed by atoms with Crippen LogP contribution in [0.4, 0.5) is 5.69 Å². The molecule has 5 heteroatoms. The first kappa shape index (κ1) is 17.2. The van der Waals surface area contributed by atoms with Crippen LogP contribution in [0.3, 0.4) is 0 Å². The van der Waals surface area contributed by atoms with E-state index in [4.69, 9.17) is 5.73 Å². The van der Waals surface area contributed by atoms with Gasteiger partial charge in [-0.2, -0.15) is 0 Å². The summed E-state index contributed by atoms with van der Waals surface area (Å²) in [6.45, 7) is 6.50. The molecule has 0 fully saturated rings. The minimum Gasteiger partial charge on any atom is -0.356 e. The zero-order valence-corrected chi connectivity index (χ0v) is 13.0. The van der Waals surface area contributed by atoms with Crippen molar-refractivity contribution < 1.29 is 9.59 Å². The van der Waals surface area contributed by atoms with E-state index in [1.807, 2.05) is 32.9 Å². The molecule has 0 bridgehead atoms. The van der Waals surface area contributed by atoms with Crippen molar-refractivity contribution in [3.8, 4) is 0 Å². The van der Waals surface area contributed by atoms with E-state index in [1.54, 1.807) is 12.1 Å². The Balaban J connectivity index is 2.51. The number of benzene rings is 1. The molecule has 0 aliphatic rings. The van der Waals surface area contributed by atoms with Gasteiger partial charge in [-0.3, -0.25) is 9.59 Å². The first-order valence-electron chi connectivity index (χ1n) is 7.33. The minimum atomic E-state index is -0.137. The van der Waals surface area contributed by atoms with Crippen molar-refractivity contribution in [2.75, 3.05) is 11.9 Å². The summed E-state index contributed by atoms with van der Waals surface area (Å²) in [4.78, 5) is 23.3. The van der Waals surface area contributed by atoms with Crippen molar-refractivity contribution in [3.05, 3.63) is 29.8 Å². The van der Waals surface area contributed by atoms with Gasteiger partial charge in [0.05, 0.1) is 6.42 Å². The van der Waals surface area contributed by atoms with Crippen LogP contribution < -0.4 is 16.4 Å². The SMILES string of the molecule is CCNC(=O)Cc1ccc(NC(=O)CC(N)C(C)C)cc1. The molecule has 1 atom stereocenters. The fourth-order valence-electron chi connectivity index (χ4n) is 1.81. The molecule has 0 saturated carbocycles. The van der Waals surface area contributed by atoms with Crippen molar-refractivity contribution >= 4 is 17.5 Å². The molecule has 4 N–H and O–H groups in total. The first-order valence-corrected chi connectivity index (χ1v) is 7.33. The molecule has 0 aromatic heterocycles. The van der Waals surface area contributed by atoms with Crippen molar-refractivity contribution in [2.24, 2.45) is 11.7 Å². The van der Waals surface area contributed by atoms with Crippen LogP contribution in [0.5, 0.6) is 0 Å². The molecular formula is C16H25N3O2. The van der Waals surface area contributed by atoms with E-state index in [2.05, 4.69) is 10.6 Å². The summed E-state index contributed by atoms with van der Waals surface area (Å²) in [6.07, 6.45) is 0.651. The highest BCUT2D eigenvalue weighted by Gasteiger charge is 2.13. The Hall–Kier alpha value is -1.88. The number of carbonyl (C=O) groups is 2. The Morgan fingerprint density at radius 2 is 1.76 bits per heavy atom. The molecule has 1 rings (SSSR count). The molecule has 0 spiro atoms. The number of rotatable bonds is 7. The molecular weight excluding hydrogens is 266 g/mol. The predicted molar refractivity (Wildman–Crippen MR) is 84.9 cm³/mol. The summed E-state index contributed by atoms with van der Waals surface area (Å²) in [6, 6.07) is 7.14. The summed E-state index contributed by atoms with van der Waals surface area (Å²) in [7, 11) is 0. The molecule has 0 saturated heterocycles. The molecule has 0 heterocycles. The van der Waals surface area contributed by atoms with Crippen LogP contribution in [-0.2, 0) is 16.0 Å². The van der Waals surface area contributed by atoms with Crippen LogP contribution >= 0.6 is 0 Å². The number of hydrogen-bond acceptors (Lipinski definition) is 3. The molecule has 21 heavy (non-hydrogen) atoms. The highest BCUT2D eigenvalue weighted by Crippen LogP contribution is 2.11. The van der Waals surface area contributed by atoms with Crippen LogP contribution in [0.1, 0.15) is 32.8 Å². The van der Waals surface area contributed by atoms with Crippen molar-refractivity contribution in [2.45, 2.75) is 39.7 Å². The molecule has 0 aliphatic carbocycles. The molecule has 1 unspecified atom stereocenters. The van der Waals surface area contributed by atoms with Crippen LogP contribution in [0, 0.1) is 5.92 Å². The molecule has 1 aromatic rings. The number of nitrogens with one attached hydrogen (secondary N) is 2. The van der Waals surface area contributed by atoms with Crippen molar-refractivity contribution in [3.63, 3.8) is 0 Å². The highest BCUT2D eigenvalue weighted by molar-refractivity contribution is 5.91. The average molecular weight is 291 g/mol. The average Bonchev–Trinajstić information content (AvgIpc) is 2.41. The van der Waals surface area contributed by atoms with Gasteiger partial charge in [0.1, 0.15) is 0 Å². The van der Waals surface area contributed by atoms with E-state index < -0.39 is 0 Å². The van der Waals surface area contributed by atoms with Gasteiger partial charge in [0.25, 0.3) is 0 Å². The van der Waals surface area contributed by atoms with Gasteiger partial charge >= 0.3 is 0 Å². The second-order valence-corrected chi connectivity index (χ2v) is 5.49. The van der Waals surface area contributed by atoms with Gasteiger partial charge in [0, 0.05) is 24.7 Å². The number of anilines is 1. The second kappa shape index (κ2) is 8.42. The second-order valence-electron chi connectivity index (χ2n) is 5.49. The maximum Gasteiger partial charge on any atom is 0.225 e. The monoisotopic (exact) mass is 291 g/mol. The summed E-state index contributed by atoms with van der Waals surface area (Å²) >= 11 is 0. The van der Waals surface area contributed by atoms with E-state index in [1.165, 1.54) is 0 Å². The molecule has 5 nitrogen and oxygen atoms in total. The lowest BCUT2D eigenvalue weighted by Gasteiger charge is -2.15. The zero-order valence-electron chi connectivity index (χ0n) is 13.0. The topological polar surface area (TPSA) is 84.2 Å². The van der Waals surface area contributed by atoms with Crippen LogP contribution in [0.15, 0.2) is 24.3 Å². The number of amides is 2. The maximum atomic E-state index is 11.8. The summed E-state index contributed by atoms with van der Waals surface area (Å²) in [5, 5.41) is 5.56. The molecule has 1 aromatic carbocycles. The third-order valence-electron chi connectivity index (χ3n) is 3.25. The van der Waals surface area contributed by atoms with Gasteiger partial charge in [-0.15, -0.1) is 0 Å². The summed E-state index contributed by atoms with van der Waals surface area (Å²) in [5.74, 6) is 0.181. The predicted octanol–water partition coefficient (Wildman–Crippen LogP) is 1.68. The van der Waals surface area contributed by atoms with E-state index >= 15 is 0 Å². The summed E-state index contributed by atoms with van der Waals surface area (Å²) in [5.41, 5.74) is 7.51. The number of hydrogen-bond donors (Lipinski definition) is 3. The Bertz CT molecular complexity index is 469. The third kappa shape index (κ3) is 6.40. The van der Waals surface area contributed by atoms with Gasteiger partial charge < -0.3 is 16.4 Å². The standard InChI is InChI=1S/C16H25N3O2/c1-4-18-15(20)9-12-5-7-13(8-6-12)19-16(21)10-14(17)11(2)3/h5-8,11,14H,4,9-10,17H2,1-3H3,(H,18,20)(H,19,21). The van der Waals surface area contributed by atoms with Gasteiger partial charge in [-0.05, 0) is 30.5 Å². The molecule has 0 aliphatic heterocycles. The fraction of sp³-hybridized carbons (Fsp3) is 0.500. The quantitative estimate of drug-likeness (QED) is 0.714. The molecule has 116 valence electrons. The van der Waals surface area contributed by atoms with Gasteiger partial charge in [0.15, 0.2) is 0 Å². The lowest BCUT2D eigenvalue weighted by molar-refractivity contribution is -0.120. The van der Waals surface area contributed by atoms with Gasteiger partial charge in [-0.25, -0.2) is 0 Å². The van der Waals surface area contributed by atoms with Crippen LogP contribution in [0.2, 0.25) is 0 Å². The van der Waals surface area contributed by atoms with Crippen LogP contribution in [0.25, 0.3) is 0 Å². The van der Waals surface area contributed by atoms with E-state index in [-0.39, 0.29) is 23.8 Å².